The van der Waals surface area contributed by atoms with Gasteiger partial charge in [0, 0.05) is 12.8 Å². The lowest BCUT2D eigenvalue weighted by atomic mass is 9.73. The number of hydrogen-bond donors (Lipinski definition) is 2. The number of ketones is 1. The van der Waals surface area contributed by atoms with Crippen LogP contribution in [0.2, 0.25) is 0 Å². The number of carbonyl (C=O) groups is 2. The number of piperidine rings is 1. The first-order chi connectivity index (χ1) is 6.66. The lowest BCUT2D eigenvalue weighted by molar-refractivity contribution is -0.142. The molecule has 2 N–H and O–H groups in total. The van der Waals surface area contributed by atoms with E-state index in [0.29, 0.717) is 36.9 Å². The van der Waals surface area contributed by atoms with Gasteiger partial charge in [0.15, 0.2) is 0 Å². The molecule has 4 nitrogen and oxygen atoms in total. The van der Waals surface area contributed by atoms with Crippen molar-refractivity contribution in [3.63, 3.8) is 0 Å². The van der Waals surface area contributed by atoms with Gasteiger partial charge in [-0.05, 0) is 31.2 Å². The molecule has 2 fully saturated rings. The Morgan fingerprint density at radius 2 is 2.21 bits per heavy atom. The van der Waals surface area contributed by atoms with Gasteiger partial charge < -0.3 is 10.4 Å². The first-order valence-electron chi connectivity index (χ1n) is 5.14. The van der Waals surface area contributed by atoms with Gasteiger partial charge >= 0.3 is 5.97 Å². The second kappa shape index (κ2) is 3.69. The Balaban J connectivity index is 1.99. The van der Waals surface area contributed by atoms with Crippen molar-refractivity contribution in [2.75, 3.05) is 6.54 Å². The van der Waals surface area contributed by atoms with Crippen LogP contribution in [0.5, 0.6) is 0 Å². The predicted octanol–water partition coefficient (Wildman–Crippen LogP) is 0.418. The summed E-state index contributed by atoms with van der Waals surface area (Å²) in [6.45, 7) is 0.759. The molecule has 0 bridgehead atoms. The third-order valence-electron chi connectivity index (χ3n) is 3.41. The molecule has 4 heteroatoms. The first-order valence-corrected chi connectivity index (χ1v) is 5.14. The largest absolute Gasteiger partial charge is 0.480 e. The molecule has 1 aliphatic carbocycles. The van der Waals surface area contributed by atoms with Gasteiger partial charge in [-0.3, -0.25) is 9.59 Å². The van der Waals surface area contributed by atoms with Crippen LogP contribution in [0.4, 0.5) is 0 Å². The van der Waals surface area contributed by atoms with Crippen molar-refractivity contribution >= 4 is 11.8 Å². The van der Waals surface area contributed by atoms with Crippen molar-refractivity contribution in [1.29, 1.82) is 0 Å². The van der Waals surface area contributed by atoms with Crippen molar-refractivity contribution < 1.29 is 14.7 Å². The maximum atomic E-state index is 11.2. The van der Waals surface area contributed by atoms with Crippen LogP contribution in [0, 0.1) is 11.8 Å². The molecule has 0 aromatic heterocycles. The van der Waals surface area contributed by atoms with Crippen molar-refractivity contribution in [3.05, 3.63) is 0 Å². The van der Waals surface area contributed by atoms with E-state index in [2.05, 4.69) is 5.32 Å². The van der Waals surface area contributed by atoms with Gasteiger partial charge in [0.1, 0.15) is 11.8 Å². The van der Waals surface area contributed by atoms with Gasteiger partial charge in [0.25, 0.3) is 0 Å². The minimum absolute atomic E-state index is 0.303. The molecular formula is C10H15NO3. The van der Waals surface area contributed by atoms with E-state index in [1.165, 1.54) is 0 Å². The molecule has 0 aromatic carbocycles. The topological polar surface area (TPSA) is 66.4 Å². The highest BCUT2D eigenvalue weighted by molar-refractivity contribution is 5.80. The Bertz CT molecular complexity index is 262. The van der Waals surface area contributed by atoms with Crippen LogP contribution in [0.3, 0.4) is 0 Å². The van der Waals surface area contributed by atoms with E-state index in [9.17, 15) is 9.59 Å². The molecular weight excluding hydrogens is 182 g/mol. The van der Waals surface area contributed by atoms with Gasteiger partial charge in [-0.1, -0.05) is 0 Å². The highest BCUT2D eigenvalue weighted by atomic mass is 16.4. The molecule has 3 atom stereocenters. The van der Waals surface area contributed by atoms with Crippen LogP contribution in [-0.2, 0) is 9.59 Å². The van der Waals surface area contributed by atoms with Crippen molar-refractivity contribution in [1.82, 2.24) is 5.32 Å². The van der Waals surface area contributed by atoms with Gasteiger partial charge in [0.2, 0.25) is 0 Å². The molecule has 0 spiro atoms. The van der Waals surface area contributed by atoms with Crippen LogP contribution in [0.25, 0.3) is 0 Å². The number of Topliss-reactive ketones (excluding diaryl/α,β-unsaturated/α-hetero) is 1. The molecule has 14 heavy (non-hydrogen) atoms. The monoisotopic (exact) mass is 197 g/mol. The van der Waals surface area contributed by atoms with Crippen LogP contribution in [0.15, 0.2) is 0 Å². The van der Waals surface area contributed by atoms with Crippen LogP contribution >= 0.6 is 0 Å². The van der Waals surface area contributed by atoms with Crippen molar-refractivity contribution in [2.45, 2.75) is 31.7 Å². The van der Waals surface area contributed by atoms with Gasteiger partial charge in [0.05, 0.1) is 0 Å². The maximum absolute atomic E-state index is 11.2. The van der Waals surface area contributed by atoms with E-state index in [1.54, 1.807) is 0 Å². The Labute approximate surface area is 82.7 Å². The third kappa shape index (κ3) is 1.80. The molecule has 0 aromatic rings. The molecule has 0 radical (unpaired) electrons. The summed E-state index contributed by atoms with van der Waals surface area (Å²) < 4.78 is 0. The number of rotatable bonds is 1. The molecule has 0 amide bonds. The quantitative estimate of drug-likeness (QED) is 0.639. The van der Waals surface area contributed by atoms with Crippen LogP contribution < -0.4 is 5.32 Å². The van der Waals surface area contributed by atoms with Gasteiger partial charge in [-0.2, -0.15) is 0 Å². The van der Waals surface area contributed by atoms with E-state index in [1.807, 2.05) is 0 Å². The Morgan fingerprint density at radius 3 is 2.93 bits per heavy atom. The second-order valence-electron chi connectivity index (χ2n) is 4.34. The number of carboxylic acid groups (broad SMARTS) is 1. The fourth-order valence-electron chi connectivity index (χ4n) is 2.56. The summed E-state index contributed by atoms with van der Waals surface area (Å²) in [5.74, 6) is 0.334. The summed E-state index contributed by atoms with van der Waals surface area (Å²) in [5.41, 5.74) is 0. The molecule has 1 aliphatic heterocycles. The van der Waals surface area contributed by atoms with Gasteiger partial charge in [-0.15, -0.1) is 0 Å². The van der Waals surface area contributed by atoms with E-state index >= 15 is 0 Å². The normalized spacial score (nSPS) is 37.7. The Morgan fingerprint density at radius 1 is 1.43 bits per heavy atom. The summed E-state index contributed by atoms with van der Waals surface area (Å²) in [4.78, 5) is 22.0. The lowest BCUT2D eigenvalue weighted by Gasteiger charge is -2.37. The number of carboxylic acids is 1. The highest BCUT2D eigenvalue weighted by Gasteiger charge is 2.36. The average molecular weight is 197 g/mol. The molecule has 2 aliphatic rings. The molecule has 2 unspecified atom stereocenters. The van der Waals surface area contributed by atoms with Crippen LogP contribution in [0.1, 0.15) is 25.7 Å². The second-order valence-corrected chi connectivity index (χ2v) is 4.34. The highest BCUT2D eigenvalue weighted by Crippen LogP contribution is 2.33. The Kier molecular flexibility index (Phi) is 2.54. The number of nitrogens with one attached hydrogen (secondary N) is 1. The first kappa shape index (κ1) is 9.65. The molecule has 1 heterocycles. The molecule has 2 rings (SSSR count). The number of fused-ring (bicyclic) bond motifs is 1. The van der Waals surface area contributed by atoms with Gasteiger partial charge in [-0.25, -0.2) is 0 Å². The van der Waals surface area contributed by atoms with E-state index in [4.69, 9.17) is 5.11 Å². The summed E-state index contributed by atoms with van der Waals surface area (Å²) >= 11 is 0. The minimum atomic E-state index is -0.790. The SMILES string of the molecule is O=C1CC[C@H]2CNC(C(=O)O)CC2C1. The zero-order valence-corrected chi connectivity index (χ0v) is 8.03. The summed E-state index contributed by atoms with van der Waals surface area (Å²) in [5, 5.41) is 11.9. The van der Waals surface area contributed by atoms with E-state index in [-0.39, 0.29) is 0 Å². The van der Waals surface area contributed by atoms with Crippen molar-refractivity contribution in [3.8, 4) is 0 Å². The zero-order chi connectivity index (χ0) is 10.1. The van der Waals surface area contributed by atoms with E-state index < -0.39 is 12.0 Å². The maximum Gasteiger partial charge on any atom is 0.320 e. The molecule has 78 valence electrons. The summed E-state index contributed by atoms with van der Waals surface area (Å²) in [7, 11) is 0. The fourth-order valence-corrected chi connectivity index (χ4v) is 2.56. The minimum Gasteiger partial charge on any atom is -0.480 e. The summed E-state index contributed by atoms with van der Waals surface area (Å²) in [6.07, 6.45) is 2.82. The van der Waals surface area contributed by atoms with Crippen LogP contribution in [-0.4, -0.2) is 29.4 Å². The standard InChI is InChI=1S/C10H15NO3/c12-8-2-1-6-5-11-9(10(13)14)4-7(6)3-8/h6-7,9,11H,1-5H2,(H,13,14)/t6-,7?,9?/m0/s1. The molecule has 1 saturated heterocycles. The fraction of sp³-hybridized carbons (Fsp3) is 0.800. The third-order valence-corrected chi connectivity index (χ3v) is 3.41. The number of aliphatic carboxylic acids is 1. The number of carbonyl (C=O) groups excluding carboxylic acids is 1. The number of hydrogen-bond acceptors (Lipinski definition) is 3. The average Bonchev–Trinajstić information content (AvgIpc) is 2.16. The molecule has 1 saturated carbocycles. The predicted molar refractivity (Wildman–Crippen MR) is 49.9 cm³/mol. The summed E-state index contributed by atoms with van der Waals surface area (Å²) in [6, 6.07) is -0.442. The lowest BCUT2D eigenvalue weighted by Crippen LogP contribution is -2.49. The van der Waals surface area contributed by atoms with Crippen molar-refractivity contribution in [2.24, 2.45) is 11.8 Å². The van der Waals surface area contributed by atoms with E-state index in [0.717, 1.165) is 13.0 Å². The smallest absolute Gasteiger partial charge is 0.320 e. The zero-order valence-electron chi connectivity index (χ0n) is 8.03. The Hall–Kier alpha value is -0.900.